The van der Waals surface area contributed by atoms with E-state index < -0.39 is 11.9 Å². The van der Waals surface area contributed by atoms with Gasteiger partial charge >= 0.3 is 11.9 Å². The summed E-state index contributed by atoms with van der Waals surface area (Å²) < 4.78 is 20.5. The molecule has 0 aromatic heterocycles. The van der Waals surface area contributed by atoms with Crippen molar-refractivity contribution in [1.29, 1.82) is 0 Å². The van der Waals surface area contributed by atoms with E-state index in [1.165, 1.54) is 6.92 Å². The molecule has 0 amide bonds. The molecule has 0 aliphatic heterocycles. The van der Waals surface area contributed by atoms with Crippen molar-refractivity contribution in [3.8, 4) is 0 Å². The molecule has 0 radical (unpaired) electrons. The summed E-state index contributed by atoms with van der Waals surface area (Å²) in [7, 11) is 0. The Hall–Kier alpha value is -1.74. The molecule has 0 bridgehead atoms. The average Bonchev–Trinajstić information content (AvgIpc) is 2.54. The Balaban J connectivity index is 3.18. The van der Waals surface area contributed by atoms with Crippen molar-refractivity contribution in [3.05, 3.63) is 24.3 Å². The molecule has 0 aliphatic rings. The number of hydrogen-bond donors (Lipinski definition) is 0. The molecule has 24 heavy (non-hydrogen) atoms. The van der Waals surface area contributed by atoms with Crippen LogP contribution in [-0.2, 0) is 38.3 Å². The molecule has 8 heteroatoms. The fraction of sp³-hybridized carbons (Fsp3) is 0.625. The van der Waals surface area contributed by atoms with Gasteiger partial charge in [0.15, 0.2) is 0 Å². The molecule has 0 aliphatic carbocycles. The average molecular weight is 346 g/mol. The van der Waals surface area contributed by atoms with Crippen LogP contribution in [0.25, 0.3) is 0 Å². The Kier molecular flexibility index (Phi) is 13.8. The van der Waals surface area contributed by atoms with Gasteiger partial charge in [-0.1, -0.05) is 13.2 Å². The van der Waals surface area contributed by atoms with Crippen LogP contribution in [0, 0.1) is 0 Å². The van der Waals surface area contributed by atoms with E-state index in [4.69, 9.17) is 18.9 Å². The van der Waals surface area contributed by atoms with Crippen molar-refractivity contribution in [1.82, 2.24) is 0 Å². The highest BCUT2D eigenvalue weighted by Crippen LogP contribution is 1.93. The third kappa shape index (κ3) is 13.9. The zero-order chi connectivity index (χ0) is 18.2. The number of hydrogen-bond acceptors (Lipinski definition) is 8. The molecular weight excluding hydrogens is 320 g/mol. The van der Waals surface area contributed by atoms with E-state index >= 15 is 0 Å². The summed E-state index contributed by atoms with van der Waals surface area (Å²) in [6.45, 7) is 12.5. The summed E-state index contributed by atoms with van der Waals surface area (Å²) in [5, 5.41) is 0. The van der Waals surface area contributed by atoms with E-state index in [1.807, 2.05) is 0 Å². The second kappa shape index (κ2) is 14.8. The van der Waals surface area contributed by atoms with E-state index in [0.717, 1.165) is 0 Å². The van der Waals surface area contributed by atoms with Gasteiger partial charge in [-0.15, -0.1) is 0 Å². The van der Waals surface area contributed by atoms with Crippen LogP contribution >= 0.6 is 0 Å². The maximum absolute atomic E-state index is 11.1. The maximum atomic E-state index is 11.1. The lowest BCUT2D eigenvalue weighted by Gasteiger charge is -2.07. The fourth-order valence-corrected chi connectivity index (χ4v) is 1.12. The number of carbonyl (C=O) groups is 2. The van der Waals surface area contributed by atoms with Crippen molar-refractivity contribution in [2.75, 3.05) is 52.9 Å². The second-order valence-electron chi connectivity index (χ2n) is 4.73. The first-order valence-corrected chi connectivity index (χ1v) is 7.50. The van der Waals surface area contributed by atoms with Gasteiger partial charge in [0.1, 0.15) is 13.2 Å². The van der Waals surface area contributed by atoms with Crippen LogP contribution in [-0.4, -0.2) is 64.8 Å². The van der Waals surface area contributed by atoms with E-state index in [-0.39, 0.29) is 25.4 Å². The van der Waals surface area contributed by atoms with Crippen LogP contribution in [0.15, 0.2) is 24.3 Å². The Bertz CT molecular complexity index is 367. The van der Waals surface area contributed by atoms with Gasteiger partial charge in [0.05, 0.1) is 39.6 Å². The van der Waals surface area contributed by atoms with Gasteiger partial charge in [0.2, 0.25) is 0 Å². The van der Waals surface area contributed by atoms with Gasteiger partial charge in [-0.25, -0.2) is 9.59 Å². The summed E-state index contributed by atoms with van der Waals surface area (Å²) in [5.41, 5.74) is 0.623. The van der Waals surface area contributed by atoms with Crippen LogP contribution in [0.3, 0.4) is 0 Å². The molecule has 138 valence electrons. The van der Waals surface area contributed by atoms with Crippen LogP contribution in [0.4, 0.5) is 0 Å². The first-order valence-electron chi connectivity index (χ1n) is 7.50. The zero-order valence-corrected chi connectivity index (χ0v) is 14.3. The second-order valence-corrected chi connectivity index (χ2v) is 4.73. The summed E-state index contributed by atoms with van der Waals surface area (Å²) >= 11 is 0. The van der Waals surface area contributed by atoms with Crippen molar-refractivity contribution in [2.24, 2.45) is 0 Å². The van der Waals surface area contributed by atoms with Crippen molar-refractivity contribution >= 4 is 11.9 Å². The predicted octanol–water partition coefficient (Wildman–Crippen LogP) is 1.21. The van der Waals surface area contributed by atoms with E-state index in [2.05, 4.69) is 22.9 Å². The van der Waals surface area contributed by atoms with Gasteiger partial charge in [0.25, 0.3) is 0 Å². The summed E-state index contributed by atoms with van der Waals surface area (Å²) in [4.78, 5) is 31.1. The van der Waals surface area contributed by atoms with Gasteiger partial charge in [-0.05, 0) is 13.8 Å². The maximum Gasteiger partial charge on any atom is 0.368 e. The minimum atomic E-state index is -0.604. The Morgan fingerprint density at radius 3 is 1.54 bits per heavy atom. The van der Waals surface area contributed by atoms with Gasteiger partial charge in [-0.3, -0.25) is 4.89 Å². The fourth-order valence-electron chi connectivity index (χ4n) is 1.12. The molecule has 0 unspecified atom stereocenters. The molecule has 0 saturated heterocycles. The molecule has 0 aromatic rings. The van der Waals surface area contributed by atoms with Crippen LogP contribution in [0.1, 0.15) is 13.8 Å². The molecule has 0 saturated carbocycles. The van der Waals surface area contributed by atoms with Crippen LogP contribution in [0.2, 0.25) is 0 Å². The van der Waals surface area contributed by atoms with Gasteiger partial charge in [0, 0.05) is 11.1 Å². The lowest BCUT2D eigenvalue weighted by Crippen LogP contribution is -2.15. The zero-order valence-electron chi connectivity index (χ0n) is 14.3. The lowest BCUT2D eigenvalue weighted by atomic mass is 10.4. The highest BCUT2D eigenvalue weighted by Gasteiger charge is 2.03. The largest absolute Gasteiger partial charge is 0.460 e. The number of esters is 1. The lowest BCUT2D eigenvalue weighted by molar-refractivity contribution is -0.272. The summed E-state index contributed by atoms with van der Waals surface area (Å²) in [5.74, 6) is -1.03. The first kappa shape index (κ1) is 22.3. The number of carbonyl (C=O) groups excluding carboxylic acids is 2. The van der Waals surface area contributed by atoms with Crippen molar-refractivity contribution in [2.45, 2.75) is 13.8 Å². The van der Waals surface area contributed by atoms with Crippen LogP contribution in [0.5, 0.6) is 0 Å². The van der Waals surface area contributed by atoms with Crippen molar-refractivity contribution in [3.63, 3.8) is 0 Å². The quantitative estimate of drug-likeness (QED) is 0.144. The molecular formula is C16H26O8. The monoisotopic (exact) mass is 346 g/mol. The van der Waals surface area contributed by atoms with Crippen molar-refractivity contribution < 1.29 is 38.3 Å². The van der Waals surface area contributed by atoms with E-state index in [1.54, 1.807) is 6.92 Å². The molecule has 0 atom stereocenters. The van der Waals surface area contributed by atoms with E-state index in [0.29, 0.717) is 38.6 Å². The highest BCUT2D eigenvalue weighted by atomic mass is 17.2. The summed E-state index contributed by atoms with van der Waals surface area (Å²) in [6, 6.07) is 0. The Morgan fingerprint density at radius 2 is 1.08 bits per heavy atom. The summed E-state index contributed by atoms with van der Waals surface area (Å²) in [6.07, 6.45) is 0. The van der Waals surface area contributed by atoms with Gasteiger partial charge < -0.3 is 18.9 Å². The minimum Gasteiger partial charge on any atom is -0.460 e. The topological polar surface area (TPSA) is 89.5 Å². The third-order valence-corrected chi connectivity index (χ3v) is 2.35. The highest BCUT2D eigenvalue weighted by molar-refractivity contribution is 5.87. The molecule has 8 nitrogen and oxygen atoms in total. The SMILES string of the molecule is C=C(C)C(=O)OCCOCCOCCOCCOOC(=O)C(=C)C. The first-order chi connectivity index (χ1) is 11.4. The Morgan fingerprint density at radius 1 is 0.667 bits per heavy atom. The molecule has 0 N–H and O–H groups in total. The molecule has 0 fully saturated rings. The standard InChI is InChI=1S/C16H26O8/c1-13(2)15(17)22-11-9-20-7-5-19-6-8-21-10-12-23-24-16(18)14(3)4/h1,3,5-12H2,2,4H3. The minimum absolute atomic E-state index is 0.130. The molecule has 0 rings (SSSR count). The third-order valence-electron chi connectivity index (χ3n) is 2.35. The normalized spacial score (nSPS) is 10.2. The molecule has 0 heterocycles. The van der Waals surface area contributed by atoms with Gasteiger partial charge in [-0.2, -0.15) is 4.89 Å². The molecule has 0 spiro atoms. The Labute approximate surface area is 142 Å². The number of rotatable bonds is 15. The van der Waals surface area contributed by atoms with E-state index in [9.17, 15) is 9.59 Å². The predicted molar refractivity (Wildman–Crippen MR) is 85.1 cm³/mol. The smallest absolute Gasteiger partial charge is 0.368 e. The van der Waals surface area contributed by atoms with Crippen LogP contribution < -0.4 is 0 Å². The number of ether oxygens (including phenoxy) is 4. The molecule has 0 aromatic carbocycles.